The summed E-state index contributed by atoms with van der Waals surface area (Å²) in [4.78, 5) is 30.3. The molecule has 1 aliphatic heterocycles. The standard InChI is InChI=1S/C19H24N4O3/c1-13(2)6-16-8-17(26-22-16)10-21-19(25)15-7-18(24)23(12-15)11-14-4-3-5-20-9-14/h3-5,8-9,13,15H,6-7,10-12H2,1-2H3,(H,21,25)/t15-/m0/s1. The Morgan fingerprint density at radius 2 is 2.31 bits per heavy atom. The molecule has 0 saturated carbocycles. The molecule has 0 radical (unpaired) electrons. The molecule has 0 aromatic carbocycles. The summed E-state index contributed by atoms with van der Waals surface area (Å²) in [5.41, 5.74) is 1.85. The third-order valence-corrected chi connectivity index (χ3v) is 4.34. The Balaban J connectivity index is 1.49. The Bertz CT molecular complexity index is 757. The van der Waals surface area contributed by atoms with Crippen LogP contribution < -0.4 is 5.32 Å². The quantitative estimate of drug-likeness (QED) is 0.819. The van der Waals surface area contributed by atoms with Crippen LogP contribution in [0.15, 0.2) is 35.1 Å². The minimum Gasteiger partial charge on any atom is -0.359 e. The Labute approximate surface area is 152 Å². The number of carbonyl (C=O) groups is 2. The predicted molar refractivity (Wildman–Crippen MR) is 94.7 cm³/mol. The van der Waals surface area contributed by atoms with Gasteiger partial charge in [-0.05, 0) is 24.0 Å². The minimum atomic E-state index is -0.336. The molecule has 26 heavy (non-hydrogen) atoms. The van der Waals surface area contributed by atoms with Crippen molar-refractivity contribution >= 4 is 11.8 Å². The van der Waals surface area contributed by atoms with E-state index in [2.05, 4.69) is 29.3 Å². The maximum absolute atomic E-state index is 12.4. The lowest BCUT2D eigenvalue weighted by Gasteiger charge is -2.16. The molecule has 7 nitrogen and oxygen atoms in total. The van der Waals surface area contributed by atoms with Crippen molar-refractivity contribution < 1.29 is 14.1 Å². The van der Waals surface area contributed by atoms with Crippen LogP contribution in [0.25, 0.3) is 0 Å². The topological polar surface area (TPSA) is 88.3 Å². The van der Waals surface area contributed by atoms with Crippen molar-refractivity contribution in [1.82, 2.24) is 20.4 Å². The molecule has 3 rings (SSSR count). The van der Waals surface area contributed by atoms with E-state index in [0.29, 0.717) is 24.8 Å². The first-order valence-corrected chi connectivity index (χ1v) is 8.90. The first kappa shape index (κ1) is 18.1. The number of amides is 2. The van der Waals surface area contributed by atoms with Gasteiger partial charge >= 0.3 is 0 Å². The van der Waals surface area contributed by atoms with Gasteiger partial charge in [-0.25, -0.2) is 0 Å². The number of likely N-dealkylation sites (tertiary alicyclic amines) is 1. The fourth-order valence-electron chi connectivity index (χ4n) is 3.08. The van der Waals surface area contributed by atoms with Gasteiger partial charge in [-0.15, -0.1) is 0 Å². The smallest absolute Gasteiger partial charge is 0.225 e. The van der Waals surface area contributed by atoms with Crippen LogP contribution >= 0.6 is 0 Å². The molecule has 7 heteroatoms. The molecule has 138 valence electrons. The van der Waals surface area contributed by atoms with Crippen molar-refractivity contribution in [1.29, 1.82) is 0 Å². The molecular formula is C19H24N4O3. The van der Waals surface area contributed by atoms with E-state index >= 15 is 0 Å². The highest BCUT2D eigenvalue weighted by atomic mass is 16.5. The molecule has 1 aliphatic rings. The average molecular weight is 356 g/mol. The number of carbonyl (C=O) groups excluding carboxylic acids is 2. The summed E-state index contributed by atoms with van der Waals surface area (Å²) in [5.74, 6) is 0.655. The maximum Gasteiger partial charge on any atom is 0.225 e. The van der Waals surface area contributed by atoms with E-state index < -0.39 is 0 Å². The van der Waals surface area contributed by atoms with Crippen molar-refractivity contribution in [3.8, 4) is 0 Å². The van der Waals surface area contributed by atoms with Gasteiger partial charge in [-0.3, -0.25) is 14.6 Å². The molecule has 1 saturated heterocycles. The van der Waals surface area contributed by atoms with Crippen molar-refractivity contribution in [2.45, 2.75) is 39.8 Å². The zero-order chi connectivity index (χ0) is 18.5. The molecule has 1 atom stereocenters. The summed E-state index contributed by atoms with van der Waals surface area (Å²) < 4.78 is 5.25. The van der Waals surface area contributed by atoms with Crippen molar-refractivity contribution in [3.05, 3.63) is 47.6 Å². The fraction of sp³-hybridized carbons (Fsp3) is 0.474. The largest absolute Gasteiger partial charge is 0.359 e. The second kappa shape index (κ2) is 8.12. The van der Waals surface area contributed by atoms with E-state index in [1.54, 1.807) is 17.3 Å². The van der Waals surface area contributed by atoms with Gasteiger partial charge in [0.2, 0.25) is 11.8 Å². The van der Waals surface area contributed by atoms with Gasteiger partial charge in [0.05, 0.1) is 18.2 Å². The fourth-order valence-corrected chi connectivity index (χ4v) is 3.08. The van der Waals surface area contributed by atoms with Crippen molar-refractivity contribution in [2.24, 2.45) is 11.8 Å². The molecule has 2 aromatic heterocycles. The highest BCUT2D eigenvalue weighted by Crippen LogP contribution is 2.20. The van der Waals surface area contributed by atoms with E-state index in [1.807, 2.05) is 18.2 Å². The Morgan fingerprint density at radius 1 is 1.46 bits per heavy atom. The van der Waals surface area contributed by atoms with Gasteiger partial charge in [-0.1, -0.05) is 25.1 Å². The molecule has 0 spiro atoms. The van der Waals surface area contributed by atoms with Crippen LogP contribution in [0.2, 0.25) is 0 Å². The third kappa shape index (κ3) is 4.68. The van der Waals surface area contributed by atoms with E-state index in [-0.39, 0.29) is 30.7 Å². The molecule has 0 bridgehead atoms. The summed E-state index contributed by atoms with van der Waals surface area (Å²) in [6, 6.07) is 5.63. The Kier molecular flexibility index (Phi) is 5.65. The summed E-state index contributed by atoms with van der Waals surface area (Å²) in [6.45, 7) is 5.43. The first-order valence-electron chi connectivity index (χ1n) is 8.90. The highest BCUT2D eigenvalue weighted by molar-refractivity contribution is 5.89. The van der Waals surface area contributed by atoms with Crippen molar-refractivity contribution in [2.75, 3.05) is 6.54 Å². The average Bonchev–Trinajstić information content (AvgIpc) is 3.20. The van der Waals surface area contributed by atoms with E-state index in [4.69, 9.17) is 4.52 Å². The normalized spacial score (nSPS) is 17.1. The van der Waals surface area contributed by atoms with Gasteiger partial charge in [0, 0.05) is 38.0 Å². The monoisotopic (exact) mass is 356 g/mol. The third-order valence-electron chi connectivity index (χ3n) is 4.34. The Morgan fingerprint density at radius 3 is 3.04 bits per heavy atom. The molecular weight excluding hydrogens is 332 g/mol. The summed E-state index contributed by atoms with van der Waals surface area (Å²) in [6.07, 6.45) is 4.51. The number of rotatable bonds is 7. The number of hydrogen-bond acceptors (Lipinski definition) is 5. The van der Waals surface area contributed by atoms with E-state index in [1.165, 1.54) is 0 Å². The molecule has 1 fully saturated rings. The maximum atomic E-state index is 12.4. The number of nitrogens with one attached hydrogen (secondary N) is 1. The van der Waals surface area contributed by atoms with Crippen LogP contribution in [0.5, 0.6) is 0 Å². The number of aromatic nitrogens is 2. The van der Waals surface area contributed by atoms with E-state index in [9.17, 15) is 9.59 Å². The number of nitrogens with zero attached hydrogens (tertiary/aromatic N) is 3. The molecule has 2 amide bonds. The second-order valence-electron chi connectivity index (χ2n) is 7.14. The lowest BCUT2D eigenvalue weighted by molar-refractivity contribution is -0.129. The van der Waals surface area contributed by atoms with Crippen LogP contribution in [0.1, 0.15) is 37.3 Å². The summed E-state index contributed by atoms with van der Waals surface area (Å²) in [7, 11) is 0. The van der Waals surface area contributed by atoms with Gasteiger partial charge < -0.3 is 14.7 Å². The summed E-state index contributed by atoms with van der Waals surface area (Å²) in [5, 5.41) is 6.86. The van der Waals surface area contributed by atoms with Gasteiger partial charge in [0.15, 0.2) is 5.76 Å². The van der Waals surface area contributed by atoms with Crippen LogP contribution in [0.3, 0.4) is 0 Å². The van der Waals surface area contributed by atoms with Gasteiger partial charge in [-0.2, -0.15) is 0 Å². The van der Waals surface area contributed by atoms with Crippen LogP contribution in [-0.2, 0) is 29.1 Å². The van der Waals surface area contributed by atoms with Crippen LogP contribution in [0.4, 0.5) is 0 Å². The summed E-state index contributed by atoms with van der Waals surface area (Å²) >= 11 is 0. The van der Waals surface area contributed by atoms with Crippen LogP contribution in [0, 0.1) is 11.8 Å². The second-order valence-corrected chi connectivity index (χ2v) is 7.14. The minimum absolute atomic E-state index is 0.00659. The lowest BCUT2D eigenvalue weighted by Crippen LogP contribution is -2.32. The van der Waals surface area contributed by atoms with Gasteiger partial charge in [0.1, 0.15) is 0 Å². The molecule has 2 aromatic rings. The molecule has 1 N–H and O–H groups in total. The first-order chi connectivity index (χ1) is 12.5. The number of hydrogen-bond donors (Lipinski definition) is 1. The van der Waals surface area contributed by atoms with Crippen molar-refractivity contribution in [3.63, 3.8) is 0 Å². The lowest BCUT2D eigenvalue weighted by atomic mass is 10.1. The predicted octanol–water partition coefficient (Wildman–Crippen LogP) is 1.93. The number of pyridine rings is 1. The SMILES string of the molecule is CC(C)Cc1cc(CNC(=O)[C@H]2CC(=O)N(Cc3cccnc3)C2)on1. The molecule has 0 unspecified atom stereocenters. The van der Waals surface area contributed by atoms with E-state index in [0.717, 1.165) is 17.7 Å². The zero-order valence-corrected chi connectivity index (χ0v) is 15.1. The molecule has 3 heterocycles. The van der Waals surface area contributed by atoms with Crippen LogP contribution in [-0.4, -0.2) is 33.4 Å². The van der Waals surface area contributed by atoms with Gasteiger partial charge in [0.25, 0.3) is 0 Å². The zero-order valence-electron chi connectivity index (χ0n) is 15.1. The highest BCUT2D eigenvalue weighted by Gasteiger charge is 2.34. The Hall–Kier alpha value is -2.70. The molecule has 0 aliphatic carbocycles.